The second-order valence-corrected chi connectivity index (χ2v) is 8.55. The monoisotopic (exact) mass is 527 g/mol. The van der Waals surface area contributed by atoms with E-state index >= 15 is 0 Å². The van der Waals surface area contributed by atoms with Crippen LogP contribution in [-0.2, 0) is 4.79 Å². The third-order valence-electron chi connectivity index (χ3n) is 4.71. The normalized spacial score (nSPS) is 16.2. The van der Waals surface area contributed by atoms with Crippen molar-refractivity contribution in [3.8, 4) is 0 Å². The largest absolute Gasteiger partial charge is 0.351 e. The highest BCUT2D eigenvalue weighted by Crippen LogP contribution is 2.26. The number of nitrogens with zero attached hydrogens (tertiary/aromatic N) is 3. The van der Waals surface area contributed by atoms with Crippen LogP contribution in [0.2, 0.25) is 10.0 Å². The molecule has 0 radical (unpaired) electrons. The lowest BCUT2D eigenvalue weighted by Crippen LogP contribution is -2.63. The Hall–Kier alpha value is -2.20. The number of benzene rings is 1. The zero-order chi connectivity index (χ0) is 22.5. The summed E-state index contributed by atoms with van der Waals surface area (Å²) < 4.78 is 0.628. The summed E-state index contributed by atoms with van der Waals surface area (Å²) >= 11 is 15.3. The Kier molecular flexibility index (Phi) is 7.88. The van der Waals surface area contributed by atoms with E-state index < -0.39 is 23.9 Å². The number of carbonyl (C=O) groups is 3. The van der Waals surface area contributed by atoms with Crippen LogP contribution in [0.25, 0.3) is 0 Å². The molecule has 0 aliphatic carbocycles. The molecule has 1 unspecified atom stereocenters. The molecule has 1 saturated heterocycles. The van der Waals surface area contributed by atoms with Crippen LogP contribution in [-0.4, -0.2) is 64.9 Å². The molecule has 164 valence electrons. The fourth-order valence-electron chi connectivity index (χ4n) is 3.31. The molecule has 2 heterocycles. The van der Waals surface area contributed by atoms with Gasteiger partial charge in [0.1, 0.15) is 0 Å². The Morgan fingerprint density at radius 3 is 2.35 bits per heavy atom. The van der Waals surface area contributed by atoms with Crippen molar-refractivity contribution in [3.05, 3.63) is 62.3 Å². The molecule has 11 heteroatoms. The third-order valence-corrected chi connectivity index (χ3v) is 5.88. The van der Waals surface area contributed by atoms with Gasteiger partial charge in [0.25, 0.3) is 17.7 Å². The average molecular weight is 529 g/mol. The molecule has 0 spiro atoms. The number of hydrogen-bond acceptors (Lipinski definition) is 5. The molecule has 1 fully saturated rings. The minimum absolute atomic E-state index is 0.213. The average Bonchev–Trinajstić information content (AvgIpc) is 2.77. The summed E-state index contributed by atoms with van der Waals surface area (Å²) in [5, 5.41) is 3.22. The quantitative estimate of drug-likeness (QED) is 0.620. The van der Waals surface area contributed by atoms with E-state index in [0.717, 1.165) is 0 Å². The molecule has 8 nitrogen and oxygen atoms in total. The SMILES string of the molecule is NCCNC(=O)C1N(C(=O)c2cncc(Br)c2)CCCN1C(=O)c1ccc(Cl)c(Cl)c1. The number of amides is 3. The first-order valence-electron chi connectivity index (χ1n) is 9.48. The topological polar surface area (TPSA) is 109 Å². The fraction of sp³-hybridized carbons (Fsp3) is 0.300. The van der Waals surface area contributed by atoms with Crippen LogP contribution in [0.4, 0.5) is 0 Å². The smallest absolute Gasteiger partial charge is 0.263 e. The number of nitrogens with one attached hydrogen (secondary N) is 1. The summed E-state index contributed by atoms with van der Waals surface area (Å²) in [5.74, 6) is -1.33. The van der Waals surface area contributed by atoms with Gasteiger partial charge in [-0.25, -0.2) is 0 Å². The van der Waals surface area contributed by atoms with Crippen molar-refractivity contribution in [2.24, 2.45) is 5.73 Å². The van der Waals surface area contributed by atoms with E-state index in [1.54, 1.807) is 12.3 Å². The van der Waals surface area contributed by atoms with Gasteiger partial charge in [0.15, 0.2) is 6.17 Å². The summed E-state index contributed by atoms with van der Waals surface area (Å²) in [4.78, 5) is 46.3. The van der Waals surface area contributed by atoms with Crippen LogP contribution < -0.4 is 11.1 Å². The van der Waals surface area contributed by atoms with Crippen molar-refractivity contribution in [2.75, 3.05) is 26.2 Å². The highest BCUT2D eigenvalue weighted by Gasteiger charge is 2.40. The van der Waals surface area contributed by atoms with Crippen LogP contribution >= 0.6 is 39.1 Å². The van der Waals surface area contributed by atoms with Crippen LogP contribution in [0.15, 0.2) is 41.1 Å². The maximum absolute atomic E-state index is 13.3. The number of rotatable bonds is 5. The van der Waals surface area contributed by atoms with Gasteiger partial charge in [-0.3, -0.25) is 19.4 Å². The van der Waals surface area contributed by atoms with E-state index in [-0.39, 0.29) is 23.7 Å². The first-order chi connectivity index (χ1) is 14.8. The Morgan fingerprint density at radius 1 is 1.06 bits per heavy atom. The van der Waals surface area contributed by atoms with Crippen LogP contribution in [0.5, 0.6) is 0 Å². The number of carbonyl (C=O) groups excluding carboxylic acids is 3. The van der Waals surface area contributed by atoms with Crippen molar-refractivity contribution in [2.45, 2.75) is 12.6 Å². The van der Waals surface area contributed by atoms with Gasteiger partial charge >= 0.3 is 0 Å². The highest BCUT2D eigenvalue weighted by atomic mass is 79.9. The van der Waals surface area contributed by atoms with Gasteiger partial charge in [0.05, 0.1) is 15.6 Å². The van der Waals surface area contributed by atoms with Gasteiger partial charge in [0.2, 0.25) is 0 Å². The lowest BCUT2D eigenvalue weighted by atomic mass is 10.1. The summed E-state index contributed by atoms with van der Waals surface area (Å²) in [7, 11) is 0. The van der Waals surface area contributed by atoms with Gasteiger partial charge in [-0.05, 0) is 46.6 Å². The molecule has 1 aromatic carbocycles. The highest BCUT2D eigenvalue weighted by molar-refractivity contribution is 9.10. The molecular weight excluding hydrogens is 509 g/mol. The van der Waals surface area contributed by atoms with Gasteiger partial charge in [-0.2, -0.15) is 0 Å². The summed E-state index contributed by atoms with van der Waals surface area (Å²) in [6.45, 7) is 1.03. The standard InChI is InChI=1S/C20H20BrCl2N5O3/c21-14-8-13(10-25-11-14)20(31)28-7-1-6-27(18(28)17(29)26-5-4-24)19(30)12-2-3-15(22)16(23)9-12/h2-3,8-11,18H,1,4-7,24H2,(H,26,29). The third kappa shape index (κ3) is 5.35. The Bertz CT molecular complexity index is 1010. The Morgan fingerprint density at radius 2 is 1.74 bits per heavy atom. The lowest BCUT2D eigenvalue weighted by Gasteiger charge is -2.42. The van der Waals surface area contributed by atoms with Crippen molar-refractivity contribution in [1.29, 1.82) is 0 Å². The predicted octanol–water partition coefficient (Wildman–Crippen LogP) is 2.54. The Labute approximate surface area is 197 Å². The minimum atomic E-state index is -1.14. The fourth-order valence-corrected chi connectivity index (χ4v) is 3.97. The van der Waals surface area contributed by atoms with Crippen molar-refractivity contribution < 1.29 is 14.4 Å². The maximum atomic E-state index is 13.3. The first kappa shape index (κ1) is 23.5. The molecule has 1 aromatic heterocycles. The second kappa shape index (κ2) is 10.4. The van der Waals surface area contributed by atoms with Crippen LogP contribution in [0.3, 0.4) is 0 Å². The van der Waals surface area contributed by atoms with Crippen LogP contribution in [0.1, 0.15) is 27.1 Å². The van der Waals surface area contributed by atoms with E-state index in [9.17, 15) is 14.4 Å². The molecule has 1 aliphatic heterocycles. The van der Waals surface area contributed by atoms with Crippen molar-refractivity contribution in [1.82, 2.24) is 20.1 Å². The number of aromatic nitrogens is 1. The lowest BCUT2D eigenvalue weighted by molar-refractivity contribution is -0.132. The molecule has 3 N–H and O–H groups in total. The molecule has 0 bridgehead atoms. The number of nitrogens with two attached hydrogens (primary N) is 1. The second-order valence-electron chi connectivity index (χ2n) is 6.82. The van der Waals surface area contributed by atoms with Gasteiger partial charge < -0.3 is 20.9 Å². The van der Waals surface area contributed by atoms with Gasteiger partial charge in [-0.15, -0.1) is 0 Å². The summed E-state index contributed by atoms with van der Waals surface area (Å²) in [6.07, 6.45) is 2.33. The molecule has 3 rings (SSSR count). The number of pyridine rings is 1. The van der Waals surface area contributed by atoms with E-state index in [4.69, 9.17) is 28.9 Å². The molecule has 2 aromatic rings. The van der Waals surface area contributed by atoms with E-state index in [1.165, 1.54) is 34.2 Å². The summed E-state index contributed by atoms with van der Waals surface area (Å²) in [6, 6.07) is 6.11. The summed E-state index contributed by atoms with van der Waals surface area (Å²) in [5.41, 5.74) is 6.08. The van der Waals surface area contributed by atoms with Gasteiger partial charge in [-0.1, -0.05) is 23.2 Å². The van der Waals surface area contributed by atoms with E-state index in [1.807, 2.05) is 0 Å². The number of halogens is 3. The van der Waals surface area contributed by atoms with E-state index in [2.05, 4.69) is 26.2 Å². The zero-order valence-corrected chi connectivity index (χ0v) is 19.5. The number of hydrogen-bond donors (Lipinski definition) is 2. The molecule has 1 atom stereocenters. The predicted molar refractivity (Wildman–Crippen MR) is 121 cm³/mol. The zero-order valence-electron chi connectivity index (χ0n) is 16.4. The molecule has 0 saturated carbocycles. The molecule has 3 amide bonds. The van der Waals surface area contributed by atoms with Crippen molar-refractivity contribution >= 4 is 56.9 Å². The molecule has 1 aliphatic rings. The van der Waals surface area contributed by atoms with Crippen LogP contribution in [0, 0.1) is 0 Å². The van der Waals surface area contributed by atoms with Crippen molar-refractivity contribution in [3.63, 3.8) is 0 Å². The van der Waals surface area contributed by atoms with E-state index in [0.29, 0.717) is 34.6 Å². The molecule has 31 heavy (non-hydrogen) atoms. The maximum Gasteiger partial charge on any atom is 0.263 e. The minimum Gasteiger partial charge on any atom is -0.351 e. The first-order valence-corrected chi connectivity index (χ1v) is 11.0. The van der Waals surface area contributed by atoms with Gasteiger partial charge in [0, 0.05) is 48.6 Å². The Balaban J connectivity index is 1.96. The molecular formula is C20H20BrCl2N5O3.